The molecule has 1 aliphatic carbocycles. The topological polar surface area (TPSA) is 69.1 Å². The van der Waals surface area contributed by atoms with E-state index in [1.54, 1.807) is 0 Å². The van der Waals surface area contributed by atoms with Crippen molar-refractivity contribution in [2.75, 3.05) is 5.73 Å². The maximum absolute atomic E-state index is 11.4. The number of fused-ring (bicyclic) bond motifs is 1. The number of primary amides is 1. The summed E-state index contributed by atoms with van der Waals surface area (Å²) in [6.45, 7) is 4.33. The van der Waals surface area contributed by atoms with Crippen LogP contribution in [0.3, 0.4) is 0 Å². The molecule has 4 N–H and O–H groups in total. The summed E-state index contributed by atoms with van der Waals surface area (Å²) in [5, 5.41) is 0.591. The molecule has 1 amide bonds. The van der Waals surface area contributed by atoms with Crippen molar-refractivity contribution < 1.29 is 4.79 Å². The number of anilines is 1. The zero-order valence-electron chi connectivity index (χ0n) is 9.04. The lowest BCUT2D eigenvalue weighted by Gasteiger charge is -2.24. The quantitative estimate of drug-likeness (QED) is 0.769. The van der Waals surface area contributed by atoms with Crippen LogP contribution in [0, 0.1) is 0 Å². The first-order valence-corrected chi connectivity index (χ1v) is 6.05. The molecule has 0 fully saturated rings. The van der Waals surface area contributed by atoms with Gasteiger partial charge in [-0.2, -0.15) is 0 Å². The third kappa shape index (κ3) is 1.53. The molecule has 0 aromatic carbocycles. The van der Waals surface area contributed by atoms with Gasteiger partial charge in [0.1, 0.15) is 0 Å². The molecule has 0 spiro atoms. The molecule has 1 heterocycles. The highest BCUT2D eigenvalue weighted by atomic mass is 32.1. The molecule has 3 nitrogen and oxygen atoms in total. The van der Waals surface area contributed by atoms with Crippen LogP contribution in [0.15, 0.2) is 0 Å². The van der Waals surface area contributed by atoms with Gasteiger partial charge in [-0.25, -0.2) is 0 Å². The van der Waals surface area contributed by atoms with Gasteiger partial charge < -0.3 is 11.5 Å². The van der Waals surface area contributed by atoms with Gasteiger partial charge in [0.2, 0.25) is 0 Å². The highest BCUT2D eigenvalue weighted by molar-refractivity contribution is 7.16. The van der Waals surface area contributed by atoms with Crippen LogP contribution in [-0.2, 0) is 0 Å². The SMILES string of the molecule is CC1CCC(C)c2c1sc(N)c2C(N)=O. The molecule has 1 aromatic heterocycles. The van der Waals surface area contributed by atoms with E-state index in [0.717, 1.165) is 12.0 Å². The Morgan fingerprint density at radius 3 is 2.53 bits per heavy atom. The summed E-state index contributed by atoms with van der Waals surface area (Å²) in [5.74, 6) is 0.537. The third-order valence-corrected chi connectivity index (χ3v) is 4.49. The van der Waals surface area contributed by atoms with Crippen LogP contribution in [0.2, 0.25) is 0 Å². The largest absolute Gasteiger partial charge is 0.390 e. The third-order valence-electron chi connectivity index (χ3n) is 3.22. The maximum atomic E-state index is 11.4. The van der Waals surface area contributed by atoms with Crippen molar-refractivity contribution in [3.63, 3.8) is 0 Å². The van der Waals surface area contributed by atoms with Gasteiger partial charge in [-0.05, 0) is 30.2 Å². The minimum absolute atomic E-state index is 0.383. The molecule has 0 aliphatic heterocycles. The summed E-state index contributed by atoms with van der Waals surface area (Å²) in [5.41, 5.74) is 12.9. The fourth-order valence-corrected chi connectivity index (χ4v) is 3.65. The summed E-state index contributed by atoms with van der Waals surface area (Å²) >= 11 is 1.53. The number of hydrogen-bond donors (Lipinski definition) is 2. The van der Waals surface area contributed by atoms with Crippen LogP contribution in [0.5, 0.6) is 0 Å². The fraction of sp³-hybridized carbons (Fsp3) is 0.545. The van der Waals surface area contributed by atoms with E-state index in [2.05, 4.69) is 13.8 Å². The molecule has 82 valence electrons. The minimum Gasteiger partial charge on any atom is -0.390 e. The summed E-state index contributed by atoms with van der Waals surface area (Å²) < 4.78 is 0. The lowest BCUT2D eigenvalue weighted by atomic mass is 9.81. The molecule has 1 aliphatic rings. The normalized spacial score (nSPS) is 24.9. The average molecular weight is 224 g/mol. The second-order valence-electron chi connectivity index (χ2n) is 4.36. The zero-order valence-corrected chi connectivity index (χ0v) is 9.86. The van der Waals surface area contributed by atoms with E-state index in [-0.39, 0.29) is 5.91 Å². The van der Waals surface area contributed by atoms with Crippen molar-refractivity contribution in [1.82, 2.24) is 0 Å². The van der Waals surface area contributed by atoms with E-state index >= 15 is 0 Å². The van der Waals surface area contributed by atoms with Crippen molar-refractivity contribution in [2.24, 2.45) is 5.73 Å². The van der Waals surface area contributed by atoms with E-state index in [4.69, 9.17) is 11.5 Å². The van der Waals surface area contributed by atoms with Gasteiger partial charge in [-0.15, -0.1) is 11.3 Å². The van der Waals surface area contributed by atoms with Crippen LogP contribution < -0.4 is 11.5 Å². The second kappa shape index (κ2) is 3.52. The van der Waals surface area contributed by atoms with Gasteiger partial charge in [-0.3, -0.25) is 4.79 Å². The van der Waals surface area contributed by atoms with Crippen molar-refractivity contribution in [1.29, 1.82) is 0 Å². The summed E-state index contributed by atoms with van der Waals surface area (Å²) in [6.07, 6.45) is 2.29. The van der Waals surface area contributed by atoms with E-state index < -0.39 is 0 Å². The average Bonchev–Trinajstić information content (AvgIpc) is 2.50. The van der Waals surface area contributed by atoms with E-state index in [1.165, 1.54) is 22.6 Å². The standard InChI is InChI=1S/C11H16N2OS/c1-5-3-4-6(2)9-7(5)8(10(12)14)11(13)15-9/h5-6H,3-4,13H2,1-2H3,(H2,12,14). The maximum Gasteiger partial charge on any atom is 0.251 e. The number of nitrogens with two attached hydrogens (primary N) is 2. The molecule has 2 rings (SSSR count). The number of carbonyl (C=O) groups is 1. The smallest absolute Gasteiger partial charge is 0.251 e. The van der Waals surface area contributed by atoms with Crippen LogP contribution >= 0.6 is 11.3 Å². The number of carbonyl (C=O) groups excluding carboxylic acids is 1. The lowest BCUT2D eigenvalue weighted by molar-refractivity contribution is 0.1000. The van der Waals surface area contributed by atoms with Crippen LogP contribution in [-0.4, -0.2) is 5.91 Å². The highest BCUT2D eigenvalue weighted by Gasteiger charge is 2.30. The predicted octanol–water partition coefficient (Wildman–Crippen LogP) is 2.43. The van der Waals surface area contributed by atoms with Gasteiger partial charge in [-0.1, -0.05) is 13.8 Å². The summed E-state index contributed by atoms with van der Waals surface area (Å²) in [7, 11) is 0. The van der Waals surface area contributed by atoms with E-state index in [0.29, 0.717) is 22.4 Å². The van der Waals surface area contributed by atoms with E-state index in [9.17, 15) is 4.79 Å². The number of hydrogen-bond acceptors (Lipinski definition) is 3. The number of thiophene rings is 1. The van der Waals surface area contributed by atoms with Crippen molar-refractivity contribution in [3.05, 3.63) is 16.0 Å². The van der Waals surface area contributed by atoms with E-state index in [1.807, 2.05) is 0 Å². The first-order chi connectivity index (χ1) is 7.02. The molecular weight excluding hydrogens is 208 g/mol. The van der Waals surface area contributed by atoms with Crippen LogP contribution in [0.1, 0.15) is 59.3 Å². The molecule has 1 aromatic rings. The Hall–Kier alpha value is -1.03. The monoisotopic (exact) mass is 224 g/mol. The Kier molecular flexibility index (Phi) is 2.46. The van der Waals surface area contributed by atoms with Crippen molar-refractivity contribution in [2.45, 2.75) is 38.5 Å². The van der Waals surface area contributed by atoms with Crippen LogP contribution in [0.4, 0.5) is 5.00 Å². The minimum atomic E-state index is -0.383. The summed E-state index contributed by atoms with van der Waals surface area (Å²) in [4.78, 5) is 12.6. The molecule has 0 saturated carbocycles. The van der Waals surface area contributed by atoms with Crippen molar-refractivity contribution >= 4 is 22.2 Å². The van der Waals surface area contributed by atoms with Gasteiger partial charge in [0.25, 0.3) is 5.91 Å². The Labute approximate surface area is 93.5 Å². The molecule has 4 heteroatoms. The summed E-state index contributed by atoms with van der Waals surface area (Å²) in [6, 6.07) is 0. The molecule has 0 radical (unpaired) electrons. The van der Waals surface area contributed by atoms with Crippen LogP contribution in [0.25, 0.3) is 0 Å². The van der Waals surface area contributed by atoms with Crippen molar-refractivity contribution in [3.8, 4) is 0 Å². The molecule has 0 saturated heterocycles. The molecule has 0 bridgehead atoms. The van der Waals surface area contributed by atoms with Gasteiger partial charge in [0.15, 0.2) is 0 Å². The lowest BCUT2D eigenvalue weighted by Crippen LogP contribution is -2.17. The number of rotatable bonds is 1. The Balaban J connectivity index is 2.63. The first kappa shape index (κ1) is 10.5. The second-order valence-corrected chi connectivity index (χ2v) is 5.45. The molecule has 2 unspecified atom stereocenters. The Morgan fingerprint density at radius 2 is 1.93 bits per heavy atom. The fourth-order valence-electron chi connectivity index (χ4n) is 2.37. The number of nitrogen functional groups attached to an aromatic ring is 1. The highest BCUT2D eigenvalue weighted by Crippen LogP contribution is 2.46. The Bertz CT molecular complexity index is 411. The van der Waals surface area contributed by atoms with Gasteiger partial charge in [0.05, 0.1) is 10.6 Å². The Morgan fingerprint density at radius 1 is 1.33 bits per heavy atom. The molecule has 2 atom stereocenters. The first-order valence-electron chi connectivity index (χ1n) is 5.24. The molecule has 15 heavy (non-hydrogen) atoms. The number of amides is 1. The van der Waals surface area contributed by atoms with Gasteiger partial charge >= 0.3 is 0 Å². The zero-order chi connectivity index (χ0) is 11.2. The predicted molar refractivity (Wildman–Crippen MR) is 63.3 cm³/mol. The van der Waals surface area contributed by atoms with Gasteiger partial charge in [0, 0.05) is 4.88 Å². The molecular formula is C11H16N2OS.